The predicted molar refractivity (Wildman–Crippen MR) is 107 cm³/mol. The average molecular weight is 406 g/mol. The van der Waals surface area contributed by atoms with Gasteiger partial charge in [-0.1, -0.05) is 35.5 Å². The van der Waals surface area contributed by atoms with Crippen molar-refractivity contribution in [2.45, 2.75) is 37.8 Å². The maximum Gasteiger partial charge on any atom is 0.191 e. The summed E-state index contributed by atoms with van der Waals surface area (Å²) in [6, 6.07) is 10.8. The van der Waals surface area contributed by atoms with Crippen LogP contribution in [0.1, 0.15) is 35.5 Å². The van der Waals surface area contributed by atoms with E-state index in [1.54, 1.807) is 12.1 Å². The fraction of sp³-hybridized carbons (Fsp3) is 0.300. The molecule has 0 bridgehead atoms. The van der Waals surface area contributed by atoms with Gasteiger partial charge in [0.2, 0.25) is 0 Å². The van der Waals surface area contributed by atoms with Gasteiger partial charge in [0.15, 0.2) is 17.1 Å². The molecule has 1 heterocycles. The van der Waals surface area contributed by atoms with Crippen molar-refractivity contribution >= 4 is 23.4 Å². The maximum atomic E-state index is 13.9. The lowest BCUT2D eigenvalue weighted by Gasteiger charge is -2.15. The number of nitrogens with zero attached hydrogens (tertiary/aromatic N) is 3. The maximum absolute atomic E-state index is 13.9. The number of rotatable bonds is 6. The minimum Gasteiger partial charge on any atom is -0.483 e. The zero-order valence-corrected chi connectivity index (χ0v) is 17.2. The Morgan fingerprint density at radius 1 is 1.19 bits per heavy atom. The van der Waals surface area contributed by atoms with E-state index >= 15 is 0 Å². The molecule has 2 aromatic carbocycles. The van der Waals surface area contributed by atoms with E-state index in [0.717, 1.165) is 16.9 Å². The lowest BCUT2D eigenvalue weighted by atomic mass is 10.1. The first kappa shape index (κ1) is 19.7. The van der Waals surface area contributed by atoms with Gasteiger partial charge in [0.25, 0.3) is 0 Å². The summed E-state index contributed by atoms with van der Waals surface area (Å²) in [7, 11) is 1.88. The van der Waals surface area contributed by atoms with Crippen LogP contribution in [0.3, 0.4) is 0 Å². The molecule has 0 saturated heterocycles. The molecular weight excluding hydrogens is 385 g/mol. The minimum atomic E-state index is -0.316. The molecule has 1 aromatic heterocycles. The second kappa shape index (κ2) is 8.31. The highest BCUT2D eigenvalue weighted by Gasteiger charge is 2.18. The molecule has 1 atom stereocenters. The third-order valence-electron chi connectivity index (χ3n) is 4.15. The Kier molecular flexibility index (Phi) is 6.07. The molecule has 0 saturated carbocycles. The SMILES string of the molecule is Cc1cc(C)cc(OC(C)c2nnc(SCc3c(F)cccc3Cl)n2C)c1. The van der Waals surface area contributed by atoms with Gasteiger partial charge in [-0.15, -0.1) is 10.2 Å². The third-order valence-corrected chi connectivity index (χ3v) is 5.55. The second-order valence-corrected chi connectivity index (χ2v) is 7.82. The van der Waals surface area contributed by atoms with Crippen molar-refractivity contribution in [2.24, 2.45) is 7.05 Å². The number of ether oxygens (including phenoxy) is 1. The minimum absolute atomic E-state index is 0.268. The van der Waals surface area contributed by atoms with Gasteiger partial charge >= 0.3 is 0 Å². The van der Waals surface area contributed by atoms with Crippen molar-refractivity contribution in [3.63, 3.8) is 0 Å². The molecule has 4 nitrogen and oxygen atoms in total. The molecule has 0 fully saturated rings. The van der Waals surface area contributed by atoms with Crippen LogP contribution in [0.5, 0.6) is 5.75 Å². The van der Waals surface area contributed by atoms with E-state index < -0.39 is 0 Å². The highest BCUT2D eigenvalue weighted by Crippen LogP contribution is 2.29. The summed E-state index contributed by atoms with van der Waals surface area (Å²) >= 11 is 7.48. The van der Waals surface area contributed by atoms with Crippen molar-refractivity contribution in [1.29, 1.82) is 0 Å². The number of hydrogen-bond donors (Lipinski definition) is 0. The standard InChI is InChI=1S/C20H21ClFN3OS/c1-12-8-13(2)10-15(9-12)26-14(3)19-23-24-20(25(19)4)27-11-16-17(21)6-5-7-18(16)22/h5-10,14H,11H2,1-4H3. The number of thioether (sulfide) groups is 1. The van der Waals surface area contributed by atoms with Gasteiger partial charge in [0, 0.05) is 23.4 Å². The Morgan fingerprint density at radius 3 is 2.56 bits per heavy atom. The summed E-state index contributed by atoms with van der Waals surface area (Å²) in [6.45, 7) is 6.01. The molecule has 7 heteroatoms. The van der Waals surface area contributed by atoms with Crippen LogP contribution in [0.25, 0.3) is 0 Å². The summed E-state index contributed by atoms with van der Waals surface area (Å²) in [5.74, 6) is 1.57. The zero-order valence-electron chi connectivity index (χ0n) is 15.7. The molecule has 0 amide bonds. The average Bonchev–Trinajstić information content (AvgIpc) is 2.94. The largest absolute Gasteiger partial charge is 0.483 e. The first-order chi connectivity index (χ1) is 12.8. The van der Waals surface area contributed by atoms with Crippen LogP contribution >= 0.6 is 23.4 Å². The molecule has 1 unspecified atom stereocenters. The van der Waals surface area contributed by atoms with E-state index in [-0.39, 0.29) is 11.9 Å². The lowest BCUT2D eigenvalue weighted by molar-refractivity contribution is 0.211. The molecule has 3 aromatic rings. The highest BCUT2D eigenvalue weighted by molar-refractivity contribution is 7.98. The first-order valence-corrected chi connectivity index (χ1v) is 9.91. The fourth-order valence-electron chi connectivity index (χ4n) is 2.87. The van der Waals surface area contributed by atoms with Crippen LogP contribution in [0.4, 0.5) is 4.39 Å². The van der Waals surface area contributed by atoms with Crippen molar-refractivity contribution in [2.75, 3.05) is 0 Å². The quantitative estimate of drug-likeness (QED) is 0.496. The summed E-state index contributed by atoms with van der Waals surface area (Å²) in [4.78, 5) is 0. The van der Waals surface area contributed by atoms with E-state index in [4.69, 9.17) is 16.3 Å². The van der Waals surface area contributed by atoms with Crippen LogP contribution in [0, 0.1) is 19.7 Å². The predicted octanol–water partition coefficient (Wildman–Crippen LogP) is 5.66. The van der Waals surface area contributed by atoms with Crippen molar-refractivity contribution < 1.29 is 9.13 Å². The summed E-state index contributed by atoms with van der Waals surface area (Å²) < 4.78 is 21.8. The number of aryl methyl sites for hydroxylation is 2. The van der Waals surface area contributed by atoms with Crippen LogP contribution < -0.4 is 4.74 Å². The monoisotopic (exact) mass is 405 g/mol. The van der Waals surface area contributed by atoms with E-state index in [1.165, 1.54) is 17.8 Å². The van der Waals surface area contributed by atoms with Gasteiger partial charge in [-0.3, -0.25) is 0 Å². The molecule has 0 N–H and O–H groups in total. The molecule has 3 rings (SSSR count). The van der Waals surface area contributed by atoms with Crippen molar-refractivity contribution in [3.8, 4) is 5.75 Å². The summed E-state index contributed by atoms with van der Waals surface area (Å²) in [5, 5.41) is 9.57. The normalized spacial score (nSPS) is 12.2. The van der Waals surface area contributed by atoms with Gasteiger partial charge < -0.3 is 9.30 Å². The van der Waals surface area contributed by atoms with E-state index in [1.807, 2.05) is 44.5 Å². The Bertz CT molecular complexity index is 920. The third kappa shape index (κ3) is 4.62. The highest BCUT2D eigenvalue weighted by atomic mass is 35.5. The molecule has 0 spiro atoms. The Hall–Kier alpha value is -2.05. The lowest BCUT2D eigenvalue weighted by Crippen LogP contribution is -2.10. The Labute approximate surface area is 167 Å². The van der Waals surface area contributed by atoms with Gasteiger partial charge in [0.1, 0.15) is 11.6 Å². The van der Waals surface area contributed by atoms with Crippen molar-refractivity contribution in [3.05, 3.63) is 69.8 Å². The molecule has 0 aliphatic carbocycles. The van der Waals surface area contributed by atoms with Gasteiger partial charge in [0.05, 0.1) is 0 Å². The molecule has 0 radical (unpaired) electrons. The Morgan fingerprint density at radius 2 is 1.89 bits per heavy atom. The van der Waals surface area contributed by atoms with Crippen molar-refractivity contribution in [1.82, 2.24) is 14.8 Å². The van der Waals surface area contributed by atoms with Gasteiger partial charge in [-0.2, -0.15) is 0 Å². The zero-order chi connectivity index (χ0) is 19.6. The van der Waals surface area contributed by atoms with Crippen LogP contribution in [0.15, 0.2) is 41.6 Å². The Balaban J connectivity index is 1.72. The summed E-state index contributed by atoms with van der Waals surface area (Å²) in [6.07, 6.45) is -0.268. The smallest absolute Gasteiger partial charge is 0.191 e. The van der Waals surface area contributed by atoms with Gasteiger partial charge in [-0.05, 0) is 56.2 Å². The molecule has 0 aliphatic heterocycles. The topological polar surface area (TPSA) is 39.9 Å². The number of halogens is 2. The first-order valence-electron chi connectivity index (χ1n) is 8.55. The van der Waals surface area contributed by atoms with E-state index in [0.29, 0.717) is 27.3 Å². The van der Waals surface area contributed by atoms with E-state index in [2.05, 4.69) is 16.3 Å². The fourth-order valence-corrected chi connectivity index (χ4v) is 4.13. The van der Waals surface area contributed by atoms with Crippen LogP contribution in [-0.2, 0) is 12.8 Å². The van der Waals surface area contributed by atoms with Crippen LogP contribution in [-0.4, -0.2) is 14.8 Å². The number of aromatic nitrogens is 3. The molecule has 0 aliphatic rings. The number of benzene rings is 2. The number of hydrogen-bond acceptors (Lipinski definition) is 4. The molecule has 27 heavy (non-hydrogen) atoms. The second-order valence-electron chi connectivity index (χ2n) is 6.47. The van der Waals surface area contributed by atoms with Crippen LogP contribution in [0.2, 0.25) is 5.02 Å². The molecule has 142 valence electrons. The summed E-state index contributed by atoms with van der Waals surface area (Å²) in [5.41, 5.74) is 2.76. The van der Waals surface area contributed by atoms with E-state index in [9.17, 15) is 4.39 Å². The van der Waals surface area contributed by atoms with Gasteiger partial charge in [-0.25, -0.2) is 4.39 Å². The molecular formula is C20H21ClFN3OS.